The summed E-state index contributed by atoms with van der Waals surface area (Å²) in [5.74, 6) is 2.43. The van der Waals surface area contributed by atoms with Crippen molar-refractivity contribution in [1.82, 2.24) is 5.32 Å². The first-order valence-corrected chi connectivity index (χ1v) is 10.1. The average Bonchev–Trinajstić information content (AvgIpc) is 2.90. The summed E-state index contributed by atoms with van der Waals surface area (Å²) < 4.78 is 1.03. The zero-order chi connectivity index (χ0) is 14.8. The molecule has 0 aliphatic carbocycles. The van der Waals surface area contributed by atoms with Gasteiger partial charge < -0.3 is 5.32 Å². The van der Waals surface area contributed by atoms with E-state index in [1.807, 2.05) is 36.2 Å². The first-order chi connectivity index (χ1) is 10.2. The van der Waals surface area contributed by atoms with Crippen LogP contribution in [-0.4, -0.2) is 12.8 Å². The molecule has 0 amide bonds. The van der Waals surface area contributed by atoms with Crippen molar-refractivity contribution in [3.05, 3.63) is 54.6 Å². The van der Waals surface area contributed by atoms with Crippen molar-refractivity contribution in [2.45, 2.75) is 24.6 Å². The zero-order valence-electron chi connectivity index (χ0n) is 11.8. The SMILES string of the molecule is CNC(Cc1ccc(Br)cc1Cl)c1cc2c(s1)CCSC2. The van der Waals surface area contributed by atoms with E-state index in [1.165, 1.54) is 33.9 Å². The molecule has 0 spiro atoms. The number of rotatable bonds is 4. The lowest BCUT2D eigenvalue weighted by Crippen LogP contribution is -2.17. The van der Waals surface area contributed by atoms with E-state index in [0.29, 0.717) is 6.04 Å². The van der Waals surface area contributed by atoms with E-state index < -0.39 is 0 Å². The van der Waals surface area contributed by atoms with Crippen LogP contribution in [0.15, 0.2) is 28.7 Å². The van der Waals surface area contributed by atoms with Crippen molar-refractivity contribution in [1.29, 1.82) is 0 Å². The Bertz CT molecular complexity index is 618. The van der Waals surface area contributed by atoms with Crippen molar-refractivity contribution in [2.75, 3.05) is 12.8 Å². The highest BCUT2D eigenvalue weighted by Crippen LogP contribution is 2.36. The standard InChI is InChI=1S/C16H17BrClNS2/c1-19-14(6-10-2-3-12(17)8-13(10)18)16-7-11-9-20-5-4-15(11)21-16/h2-3,7-8,14,19H,4-6,9H2,1H3. The van der Waals surface area contributed by atoms with Crippen LogP contribution in [0.5, 0.6) is 0 Å². The Hall–Kier alpha value is -0.000000000000000111. The highest BCUT2D eigenvalue weighted by atomic mass is 79.9. The molecule has 21 heavy (non-hydrogen) atoms. The fraction of sp³-hybridized carbons (Fsp3) is 0.375. The average molecular weight is 403 g/mol. The molecule has 1 aromatic carbocycles. The second-order valence-electron chi connectivity index (χ2n) is 5.18. The first kappa shape index (κ1) is 15.9. The Kier molecular flexibility index (Phi) is 5.33. The van der Waals surface area contributed by atoms with Crippen LogP contribution in [-0.2, 0) is 18.6 Å². The van der Waals surface area contributed by atoms with Gasteiger partial charge in [-0.2, -0.15) is 11.8 Å². The summed E-state index contributed by atoms with van der Waals surface area (Å²) in [5, 5.41) is 4.29. The van der Waals surface area contributed by atoms with Gasteiger partial charge in [0.25, 0.3) is 0 Å². The minimum Gasteiger partial charge on any atom is -0.312 e. The molecule has 0 bridgehead atoms. The van der Waals surface area contributed by atoms with Crippen molar-refractivity contribution >= 4 is 50.6 Å². The molecule has 1 aliphatic heterocycles. The number of fused-ring (bicyclic) bond motifs is 1. The molecule has 1 atom stereocenters. The van der Waals surface area contributed by atoms with Gasteiger partial charge in [-0.1, -0.05) is 33.6 Å². The molecular weight excluding hydrogens is 386 g/mol. The first-order valence-electron chi connectivity index (χ1n) is 6.98. The van der Waals surface area contributed by atoms with Gasteiger partial charge in [0, 0.05) is 31.0 Å². The third-order valence-electron chi connectivity index (χ3n) is 3.78. The Morgan fingerprint density at radius 2 is 2.24 bits per heavy atom. The molecule has 0 saturated heterocycles. The van der Waals surface area contributed by atoms with Gasteiger partial charge in [-0.3, -0.25) is 0 Å². The van der Waals surface area contributed by atoms with Crippen LogP contribution >= 0.6 is 50.6 Å². The van der Waals surface area contributed by atoms with E-state index in [2.05, 4.69) is 39.4 Å². The van der Waals surface area contributed by atoms with Crippen LogP contribution in [0, 0.1) is 0 Å². The molecule has 112 valence electrons. The van der Waals surface area contributed by atoms with E-state index in [-0.39, 0.29) is 0 Å². The van der Waals surface area contributed by atoms with Crippen molar-refractivity contribution < 1.29 is 0 Å². The number of likely N-dealkylation sites (N-methyl/N-ethyl adjacent to an activating group) is 1. The zero-order valence-corrected chi connectivity index (χ0v) is 15.8. The Morgan fingerprint density at radius 1 is 1.38 bits per heavy atom. The van der Waals surface area contributed by atoms with Gasteiger partial charge in [0.05, 0.1) is 0 Å². The van der Waals surface area contributed by atoms with Crippen LogP contribution in [0.25, 0.3) is 0 Å². The summed E-state index contributed by atoms with van der Waals surface area (Å²) in [7, 11) is 2.03. The van der Waals surface area contributed by atoms with Crippen molar-refractivity contribution in [2.24, 2.45) is 0 Å². The van der Waals surface area contributed by atoms with Gasteiger partial charge in [-0.05, 0) is 55.0 Å². The molecule has 0 fully saturated rings. The predicted molar refractivity (Wildman–Crippen MR) is 98.8 cm³/mol. The number of thioether (sulfide) groups is 1. The maximum Gasteiger partial charge on any atom is 0.0453 e. The van der Waals surface area contributed by atoms with Crippen LogP contribution in [0.4, 0.5) is 0 Å². The quantitative estimate of drug-likeness (QED) is 0.729. The van der Waals surface area contributed by atoms with E-state index in [0.717, 1.165) is 15.9 Å². The Labute approximate surface area is 147 Å². The summed E-state index contributed by atoms with van der Waals surface area (Å²) >= 11 is 13.8. The monoisotopic (exact) mass is 401 g/mol. The number of benzene rings is 1. The molecule has 0 radical (unpaired) electrons. The van der Waals surface area contributed by atoms with Gasteiger partial charge in [-0.25, -0.2) is 0 Å². The molecular formula is C16H17BrClNS2. The smallest absolute Gasteiger partial charge is 0.0453 e. The van der Waals surface area contributed by atoms with E-state index in [1.54, 1.807) is 4.88 Å². The lowest BCUT2D eigenvalue weighted by molar-refractivity contribution is 0.602. The number of hydrogen-bond donors (Lipinski definition) is 1. The molecule has 5 heteroatoms. The lowest BCUT2D eigenvalue weighted by Gasteiger charge is -2.15. The number of nitrogens with one attached hydrogen (secondary N) is 1. The van der Waals surface area contributed by atoms with Crippen molar-refractivity contribution in [3.63, 3.8) is 0 Å². The highest BCUT2D eigenvalue weighted by Gasteiger charge is 2.19. The molecule has 1 aromatic heterocycles. The molecule has 1 aliphatic rings. The summed E-state index contributed by atoms with van der Waals surface area (Å²) in [4.78, 5) is 3.01. The number of halogens is 2. The largest absolute Gasteiger partial charge is 0.312 e. The Morgan fingerprint density at radius 3 is 2.95 bits per heavy atom. The number of thiophene rings is 1. The summed E-state index contributed by atoms with van der Waals surface area (Å²) in [5.41, 5.74) is 2.73. The van der Waals surface area contributed by atoms with E-state index >= 15 is 0 Å². The van der Waals surface area contributed by atoms with E-state index in [4.69, 9.17) is 11.6 Å². The van der Waals surface area contributed by atoms with Crippen LogP contribution in [0.2, 0.25) is 5.02 Å². The fourth-order valence-electron chi connectivity index (χ4n) is 2.59. The normalized spacial score (nSPS) is 15.8. The molecule has 1 unspecified atom stereocenters. The molecule has 0 saturated carbocycles. The molecule has 2 aromatic rings. The van der Waals surface area contributed by atoms with Crippen LogP contribution in [0.1, 0.15) is 26.9 Å². The topological polar surface area (TPSA) is 12.0 Å². The minimum atomic E-state index is 0.337. The van der Waals surface area contributed by atoms with Gasteiger partial charge >= 0.3 is 0 Å². The predicted octanol–water partition coefficient (Wildman–Crippen LogP) is 5.46. The van der Waals surface area contributed by atoms with Crippen LogP contribution < -0.4 is 5.32 Å². The highest BCUT2D eigenvalue weighted by molar-refractivity contribution is 9.10. The summed E-state index contributed by atoms with van der Waals surface area (Å²) in [6.07, 6.45) is 2.15. The van der Waals surface area contributed by atoms with E-state index in [9.17, 15) is 0 Å². The lowest BCUT2D eigenvalue weighted by atomic mass is 10.0. The minimum absolute atomic E-state index is 0.337. The fourth-order valence-corrected chi connectivity index (χ4v) is 5.83. The summed E-state index contributed by atoms with van der Waals surface area (Å²) in [6, 6.07) is 8.87. The summed E-state index contributed by atoms with van der Waals surface area (Å²) in [6.45, 7) is 0. The van der Waals surface area contributed by atoms with Crippen molar-refractivity contribution in [3.8, 4) is 0 Å². The second-order valence-corrected chi connectivity index (χ2v) is 8.78. The number of hydrogen-bond acceptors (Lipinski definition) is 3. The maximum atomic E-state index is 6.36. The van der Waals surface area contributed by atoms with Gasteiger partial charge in [0.2, 0.25) is 0 Å². The molecule has 2 heterocycles. The second kappa shape index (κ2) is 7.05. The molecule has 1 nitrogen and oxygen atoms in total. The third kappa shape index (κ3) is 3.67. The molecule has 1 N–H and O–H groups in total. The Balaban J connectivity index is 1.83. The van der Waals surface area contributed by atoms with Gasteiger partial charge in [-0.15, -0.1) is 11.3 Å². The van der Waals surface area contributed by atoms with Gasteiger partial charge in [0.1, 0.15) is 0 Å². The third-order valence-corrected chi connectivity index (χ3v) is 6.98. The number of aryl methyl sites for hydroxylation is 1. The molecule has 3 rings (SSSR count). The van der Waals surface area contributed by atoms with Gasteiger partial charge in [0.15, 0.2) is 0 Å². The van der Waals surface area contributed by atoms with Crippen LogP contribution in [0.3, 0.4) is 0 Å². The maximum absolute atomic E-state index is 6.36.